The molecule has 1 aliphatic heterocycles. The summed E-state index contributed by atoms with van der Waals surface area (Å²) in [5.41, 5.74) is 2.42. The molecule has 1 fully saturated rings. The fourth-order valence-electron chi connectivity index (χ4n) is 2.97. The lowest BCUT2D eigenvalue weighted by Crippen LogP contribution is -2.37. The van der Waals surface area contributed by atoms with E-state index in [1.165, 1.54) is 30.4 Å². The lowest BCUT2D eigenvalue weighted by molar-refractivity contribution is -0.0390. The molecule has 0 amide bonds. The zero-order chi connectivity index (χ0) is 18.5. The largest absolute Gasteiger partial charge is 0.381 e. The maximum absolute atomic E-state index is 6.02. The van der Waals surface area contributed by atoms with E-state index in [9.17, 15) is 0 Å². The highest BCUT2D eigenvalue weighted by Crippen LogP contribution is 2.14. The molecule has 0 radical (unpaired) electrons. The van der Waals surface area contributed by atoms with Gasteiger partial charge in [-0.25, -0.2) is 4.99 Å². The van der Waals surface area contributed by atoms with Crippen molar-refractivity contribution in [3.8, 4) is 0 Å². The van der Waals surface area contributed by atoms with Crippen molar-refractivity contribution in [2.24, 2.45) is 4.99 Å². The number of nitrogens with zero attached hydrogens (tertiary/aromatic N) is 1. The quantitative estimate of drug-likeness (QED) is 0.380. The van der Waals surface area contributed by atoms with Crippen LogP contribution in [-0.4, -0.2) is 38.4 Å². The molecule has 2 N–H and O–H groups in total. The van der Waals surface area contributed by atoms with E-state index >= 15 is 0 Å². The fraction of sp³-hybridized carbons (Fsp3) is 0.667. The highest BCUT2D eigenvalue weighted by atomic mass is 16.5. The maximum Gasteiger partial charge on any atom is 0.191 e. The van der Waals surface area contributed by atoms with Crippen molar-refractivity contribution in [3.05, 3.63) is 35.4 Å². The van der Waals surface area contributed by atoms with Crippen LogP contribution in [0.1, 0.15) is 57.1 Å². The Balaban J connectivity index is 1.82. The minimum atomic E-state index is 0.332. The summed E-state index contributed by atoms with van der Waals surface area (Å²) < 4.78 is 11.4. The minimum absolute atomic E-state index is 0.332. The van der Waals surface area contributed by atoms with E-state index in [0.29, 0.717) is 19.3 Å². The molecule has 5 heteroatoms. The second-order valence-electron chi connectivity index (χ2n) is 6.77. The third kappa shape index (κ3) is 8.19. The van der Waals surface area contributed by atoms with Gasteiger partial charge in [0.1, 0.15) is 0 Å². The van der Waals surface area contributed by atoms with E-state index < -0.39 is 0 Å². The van der Waals surface area contributed by atoms with Gasteiger partial charge >= 0.3 is 0 Å². The van der Waals surface area contributed by atoms with Crippen molar-refractivity contribution in [2.75, 3.05) is 26.3 Å². The monoisotopic (exact) mass is 361 g/mol. The number of hydrogen-bond donors (Lipinski definition) is 2. The molecule has 0 saturated carbocycles. The summed E-state index contributed by atoms with van der Waals surface area (Å²) in [6.45, 7) is 9.13. The number of unbranched alkanes of at least 4 members (excludes halogenated alkanes) is 2. The number of hydrogen-bond acceptors (Lipinski definition) is 3. The number of ether oxygens (including phenoxy) is 2. The molecule has 1 aliphatic rings. The van der Waals surface area contributed by atoms with E-state index in [-0.39, 0.29) is 0 Å². The van der Waals surface area contributed by atoms with Gasteiger partial charge in [-0.3, -0.25) is 0 Å². The van der Waals surface area contributed by atoms with Crippen molar-refractivity contribution in [2.45, 2.75) is 65.2 Å². The first-order valence-electron chi connectivity index (χ1n) is 10.1. The van der Waals surface area contributed by atoms with Gasteiger partial charge in [-0.1, -0.05) is 44.0 Å². The van der Waals surface area contributed by atoms with Crippen LogP contribution >= 0.6 is 0 Å². The van der Waals surface area contributed by atoms with Crippen molar-refractivity contribution < 1.29 is 9.47 Å². The van der Waals surface area contributed by atoms with Crippen LogP contribution in [0.5, 0.6) is 0 Å². The van der Waals surface area contributed by atoms with Crippen LogP contribution in [0.25, 0.3) is 0 Å². The first-order valence-corrected chi connectivity index (χ1v) is 10.1. The Bertz CT molecular complexity index is 528. The normalized spacial score (nSPS) is 15.8. The topological polar surface area (TPSA) is 54.9 Å². The molecule has 0 aromatic heterocycles. The third-order valence-electron chi connectivity index (χ3n) is 4.48. The summed E-state index contributed by atoms with van der Waals surface area (Å²) in [5.74, 6) is 0.896. The van der Waals surface area contributed by atoms with Gasteiger partial charge in [0.25, 0.3) is 0 Å². The van der Waals surface area contributed by atoms with E-state index in [1.54, 1.807) is 0 Å². The molecule has 0 spiro atoms. The second-order valence-corrected chi connectivity index (χ2v) is 6.77. The Morgan fingerprint density at radius 2 is 1.96 bits per heavy atom. The van der Waals surface area contributed by atoms with E-state index in [0.717, 1.165) is 45.1 Å². The van der Waals surface area contributed by atoms with Crippen LogP contribution in [0.2, 0.25) is 0 Å². The molecule has 0 bridgehead atoms. The van der Waals surface area contributed by atoms with E-state index in [4.69, 9.17) is 14.5 Å². The smallest absolute Gasteiger partial charge is 0.191 e. The van der Waals surface area contributed by atoms with Gasteiger partial charge in [0.05, 0.1) is 19.3 Å². The molecular weight excluding hydrogens is 326 g/mol. The minimum Gasteiger partial charge on any atom is -0.381 e. The Hall–Kier alpha value is -1.59. The average molecular weight is 362 g/mol. The Labute approximate surface area is 158 Å². The number of aliphatic imine (C=N–C) groups is 1. The van der Waals surface area contributed by atoms with E-state index in [1.807, 2.05) is 0 Å². The third-order valence-corrected chi connectivity index (χ3v) is 4.48. The van der Waals surface area contributed by atoms with Crippen LogP contribution in [0.4, 0.5) is 0 Å². The summed E-state index contributed by atoms with van der Waals surface area (Å²) in [6.07, 6.45) is 6.00. The van der Waals surface area contributed by atoms with Crippen LogP contribution in [0.3, 0.4) is 0 Å². The summed E-state index contributed by atoms with van der Waals surface area (Å²) >= 11 is 0. The highest BCUT2D eigenvalue weighted by molar-refractivity contribution is 5.79. The fourth-order valence-corrected chi connectivity index (χ4v) is 2.97. The van der Waals surface area contributed by atoms with E-state index in [2.05, 4.69) is 48.7 Å². The molecule has 0 atom stereocenters. The van der Waals surface area contributed by atoms with Crippen molar-refractivity contribution in [3.63, 3.8) is 0 Å². The van der Waals surface area contributed by atoms with Crippen LogP contribution in [-0.2, 0) is 22.6 Å². The lowest BCUT2D eigenvalue weighted by atomic mass is 10.1. The Kier molecular flexibility index (Phi) is 10.1. The maximum atomic E-state index is 6.02. The van der Waals surface area contributed by atoms with Gasteiger partial charge in [-0.15, -0.1) is 0 Å². The molecule has 146 valence electrons. The summed E-state index contributed by atoms with van der Waals surface area (Å²) in [5, 5.41) is 6.73. The Morgan fingerprint density at radius 1 is 1.15 bits per heavy atom. The van der Waals surface area contributed by atoms with Gasteiger partial charge < -0.3 is 20.1 Å². The predicted octanol–water partition coefficient (Wildman–Crippen LogP) is 3.63. The number of guanidine groups is 1. The molecule has 1 heterocycles. The van der Waals surface area contributed by atoms with Gasteiger partial charge in [-0.05, 0) is 37.3 Å². The first-order chi connectivity index (χ1) is 12.8. The number of rotatable bonds is 10. The standard InChI is InChI=1S/C21H35N3O2/c1-3-5-6-12-23-21(22-4-2)24-16-18-8-7-9-19(15-18)17-26-20-10-13-25-14-11-20/h7-9,15,20H,3-6,10-14,16-17H2,1-2H3,(H2,22,23,24). The van der Waals surface area contributed by atoms with Gasteiger partial charge in [0, 0.05) is 26.3 Å². The molecule has 1 aromatic carbocycles. The lowest BCUT2D eigenvalue weighted by Gasteiger charge is -2.22. The van der Waals surface area contributed by atoms with Gasteiger partial charge in [-0.2, -0.15) is 0 Å². The van der Waals surface area contributed by atoms with Crippen molar-refractivity contribution in [1.82, 2.24) is 10.6 Å². The molecule has 0 unspecified atom stereocenters. The van der Waals surface area contributed by atoms with Crippen LogP contribution in [0.15, 0.2) is 29.3 Å². The summed E-state index contributed by atoms with van der Waals surface area (Å²) in [4.78, 5) is 4.71. The van der Waals surface area contributed by atoms with Crippen molar-refractivity contribution >= 4 is 5.96 Å². The molecule has 1 aromatic rings. The molecule has 2 rings (SSSR count). The van der Waals surface area contributed by atoms with Gasteiger partial charge in [0.2, 0.25) is 0 Å². The predicted molar refractivity (Wildman–Crippen MR) is 107 cm³/mol. The summed E-state index contributed by atoms with van der Waals surface area (Å²) in [6, 6.07) is 8.54. The Morgan fingerprint density at radius 3 is 2.73 bits per heavy atom. The molecule has 26 heavy (non-hydrogen) atoms. The second kappa shape index (κ2) is 12.7. The van der Waals surface area contributed by atoms with Gasteiger partial charge in [0.15, 0.2) is 5.96 Å². The molecule has 1 saturated heterocycles. The first kappa shape index (κ1) is 20.7. The zero-order valence-corrected chi connectivity index (χ0v) is 16.4. The van der Waals surface area contributed by atoms with Crippen LogP contribution < -0.4 is 10.6 Å². The molecule has 5 nitrogen and oxygen atoms in total. The van der Waals surface area contributed by atoms with Crippen molar-refractivity contribution in [1.29, 1.82) is 0 Å². The summed E-state index contributed by atoms with van der Waals surface area (Å²) in [7, 11) is 0. The number of nitrogens with one attached hydrogen (secondary N) is 2. The molecule has 0 aliphatic carbocycles. The average Bonchev–Trinajstić information content (AvgIpc) is 2.69. The number of benzene rings is 1. The SMILES string of the molecule is CCCCCNC(=NCc1cccc(COC2CCOCC2)c1)NCC. The molecular formula is C21H35N3O2. The van der Waals surface area contributed by atoms with Crippen LogP contribution in [0, 0.1) is 0 Å². The zero-order valence-electron chi connectivity index (χ0n) is 16.4. The highest BCUT2D eigenvalue weighted by Gasteiger charge is 2.13.